The highest BCUT2D eigenvalue weighted by Gasteiger charge is 2.43. The number of nitrogens with one attached hydrogen (secondary N) is 1. The van der Waals surface area contributed by atoms with E-state index >= 15 is 0 Å². The quantitative estimate of drug-likeness (QED) is 0.916. The molecule has 1 spiro atoms. The molecule has 2 atom stereocenters. The van der Waals surface area contributed by atoms with Crippen molar-refractivity contribution in [2.75, 3.05) is 13.2 Å². The highest BCUT2D eigenvalue weighted by atomic mass is 16.7. The number of nitrogens with zero attached hydrogens (tertiary/aromatic N) is 1. The first-order chi connectivity index (χ1) is 12.2. The van der Waals surface area contributed by atoms with E-state index < -0.39 is 0 Å². The van der Waals surface area contributed by atoms with Crippen LogP contribution in [0.4, 0.5) is 0 Å². The molecule has 1 aliphatic heterocycles. The van der Waals surface area contributed by atoms with Crippen molar-refractivity contribution in [3.8, 4) is 0 Å². The van der Waals surface area contributed by atoms with Gasteiger partial charge in [0.2, 0.25) is 5.91 Å². The first-order valence-electron chi connectivity index (χ1n) is 9.68. The summed E-state index contributed by atoms with van der Waals surface area (Å²) >= 11 is 0. The fraction of sp³-hybridized carbons (Fsp3) is 0.700. The summed E-state index contributed by atoms with van der Waals surface area (Å²) in [6, 6.07) is 4.04. The Kier molecular flexibility index (Phi) is 4.78. The van der Waals surface area contributed by atoms with Crippen LogP contribution in [-0.2, 0) is 20.7 Å². The van der Waals surface area contributed by atoms with E-state index in [-0.39, 0.29) is 23.7 Å². The topological polar surface area (TPSA) is 60.5 Å². The van der Waals surface area contributed by atoms with Gasteiger partial charge in [-0.25, -0.2) is 0 Å². The second kappa shape index (κ2) is 7.04. The van der Waals surface area contributed by atoms with E-state index in [4.69, 9.17) is 9.47 Å². The number of rotatable bonds is 3. The number of amides is 1. The number of carbonyl (C=O) groups is 1. The van der Waals surface area contributed by atoms with Crippen molar-refractivity contribution in [3.63, 3.8) is 0 Å². The summed E-state index contributed by atoms with van der Waals surface area (Å²) in [5.74, 6) is 0.314. The SMILES string of the molecule is CC1CCC2(CC1)OC[C@@H](CNC(=O)[C@@H]1CCCc3cccnc31)O2. The molecule has 0 unspecified atom stereocenters. The van der Waals surface area contributed by atoms with Gasteiger partial charge in [-0.05, 0) is 49.7 Å². The fourth-order valence-electron chi connectivity index (χ4n) is 4.38. The maximum atomic E-state index is 12.7. The smallest absolute Gasteiger partial charge is 0.229 e. The molecule has 1 saturated carbocycles. The van der Waals surface area contributed by atoms with Crippen molar-refractivity contribution in [2.24, 2.45) is 5.92 Å². The van der Waals surface area contributed by atoms with Gasteiger partial charge in [0.05, 0.1) is 18.2 Å². The van der Waals surface area contributed by atoms with Crippen molar-refractivity contribution in [3.05, 3.63) is 29.6 Å². The molecule has 2 heterocycles. The average molecular weight is 344 g/mol. The van der Waals surface area contributed by atoms with Gasteiger partial charge in [-0.1, -0.05) is 13.0 Å². The Morgan fingerprint density at radius 3 is 3.04 bits per heavy atom. The predicted octanol–water partition coefficient (Wildman–Crippen LogP) is 2.94. The van der Waals surface area contributed by atoms with Gasteiger partial charge in [0.1, 0.15) is 6.10 Å². The summed E-state index contributed by atoms with van der Waals surface area (Å²) in [7, 11) is 0. The lowest BCUT2D eigenvalue weighted by molar-refractivity contribution is -0.191. The van der Waals surface area contributed by atoms with Crippen molar-refractivity contribution < 1.29 is 14.3 Å². The molecule has 0 radical (unpaired) electrons. The van der Waals surface area contributed by atoms with Crippen LogP contribution in [0, 0.1) is 5.92 Å². The molecule has 25 heavy (non-hydrogen) atoms. The van der Waals surface area contributed by atoms with Crippen LogP contribution >= 0.6 is 0 Å². The Morgan fingerprint density at radius 1 is 1.36 bits per heavy atom. The third-order valence-corrected chi connectivity index (χ3v) is 5.97. The van der Waals surface area contributed by atoms with E-state index in [9.17, 15) is 4.79 Å². The molecule has 0 bridgehead atoms. The number of carbonyl (C=O) groups excluding carboxylic acids is 1. The van der Waals surface area contributed by atoms with Crippen LogP contribution in [0.1, 0.15) is 62.6 Å². The van der Waals surface area contributed by atoms with Crippen LogP contribution in [0.15, 0.2) is 18.3 Å². The molecule has 5 nitrogen and oxygen atoms in total. The molecular weight excluding hydrogens is 316 g/mol. The molecular formula is C20H28N2O3. The van der Waals surface area contributed by atoms with Crippen LogP contribution in [-0.4, -0.2) is 35.9 Å². The van der Waals surface area contributed by atoms with Gasteiger partial charge in [-0.15, -0.1) is 0 Å². The Bertz CT molecular complexity index is 625. The Morgan fingerprint density at radius 2 is 2.20 bits per heavy atom. The van der Waals surface area contributed by atoms with Crippen molar-refractivity contribution in [1.29, 1.82) is 0 Å². The summed E-state index contributed by atoms with van der Waals surface area (Å²) in [4.78, 5) is 17.1. The summed E-state index contributed by atoms with van der Waals surface area (Å²) in [5, 5.41) is 3.08. The van der Waals surface area contributed by atoms with Crippen LogP contribution in [0.25, 0.3) is 0 Å². The average Bonchev–Trinajstić information content (AvgIpc) is 3.05. The third-order valence-electron chi connectivity index (χ3n) is 5.97. The summed E-state index contributed by atoms with van der Waals surface area (Å²) in [6.07, 6.45) is 8.94. The molecule has 1 amide bonds. The Hall–Kier alpha value is -1.46. The minimum absolute atomic E-state index is 0.0378. The van der Waals surface area contributed by atoms with Crippen molar-refractivity contribution in [1.82, 2.24) is 10.3 Å². The predicted molar refractivity (Wildman–Crippen MR) is 94.1 cm³/mol. The molecule has 2 fully saturated rings. The van der Waals surface area contributed by atoms with E-state index in [1.165, 1.54) is 5.56 Å². The van der Waals surface area contributed by atoms with Gasteiger partial charge in [-0.2, -0.15) is 0 Å². The van der Waals surface area contributed by atoms with Gasteiger partial charge >= 0.3 is 0 Å². The molecule has 1 aromatic heterocycles. The van der Waals surface area contributed by atoms with Gasteiger partial charge in [-0.3, -0.25) is 9.78 Å². The highest BCUT2D eigenvalue weighted by molar-refractivity contribution is 5.83. The molecule has 0 aromatic carbocycles. The van der Waals surface area contributed by atoms with E-state index in [1.54, 1.807) is 6.20 Å². The number of pyridine rings is 1. The summed E-state index contributed by atoms with van der Waals surface area (Å²) < 4.78 is 12.2. The standard InChI is InChI=1S/C20H28N2O3/c1-14-7-9-20(10-8-14)24-13-16(25-20)12-22-19(23)17-6-2-4-15-5-3-11-21-18(15)17/h3,5,11,14,16-17H,2,4,6-10,12-13H2,1H3,(H,22,23)/t14?,16-,17-,20?/m1/s1. The van der Waals surface area contributed by atoms with Crippen LogP contribution in [0.3, 0.4) is 0 Å². The maximum Gasteiger partial charge on any atom is 0.229 e. The maximum absolute atomic E-state index is 12.7. The minimum Gasteiger partial charge on any atom is -0.353 e. The minimum atomic E-state index is -0.388. The van der Waals surface area contributed by atoms with Crippen molar-refractivity contribution >= 4 is 5.91 Å². The molecule has 1 N–H and O–H groups in total. The summed E-state index contributed by atoms with van der Waals surface area (Å²) in [6.45, 7) is 3.39. The zero-order valence-electron chi connectivity index (χ0n) is 15.0. The van der Waals surface area contributed by atoms with Crippen LogP contribution < -0.4 is 5.32 Å². The van der Waals surface area contributed by atoms with Gasteiger partial charge in [0, 0.05) is 25.6 Å². The molecule has 2 aliphatic carbocycles. The van der Waals surface area contributed by atoms with Gasteiger partial charge < -0.3 is 14.8 Å². The molecule has 4 rings (SSSR count). The number of aryl methyl sites for hydroxylation is 1. The zero-order chi connectivity index (χ0) is 17.3. The van der Waals surface area contributed by atoms with Crippen LogP contribution in [0.2, 0.25) is 0 Å². The number of fused-ring (bicyclic) bond motifs is 1. The number of aromatic nitrogens is 1. The normalized spacial score (nSPS) is 34.7. The monoisotopic (exact) mass is 344 g/mol. The lowest BCUT2D eigenvalue weighted by atomic mass is 9.86. The summed E-state index contributed by atoms with van der Waals surface area (Å²) in [5.41, 5.74) is 2.16. The Labute approximate surface area is 149 Å². The molecule has 1 aromatic rings. The first kappa shape index (κ1) is 17.0. The van der Waals surface area contributed by atoms with E-state index in [0.29, 0.717) is 13.2 Å². The molecule has 3 aliphatic rings. The number of ether oxygens (including phenoxy) is 2. The van der Waals surface area contributed by atoms with Gasteiger partial charge in [0.15, 0.2) is 5.79 Å². The van der Waals surface area contributed by atoms with E-state index in [2.05, 4.69) is 23.3 Å². The molecule has 5 heteroatoms. The third kappa shape index (κ3) is 3.58. The fourth-order valence-corrected chi connectivity index (χ4v) is 4.38. The first-order valence-corrected chi connectivity index (χ1v) is 9.68. The lowest BCUT2D eigenvalue weighted by Gasteiger charge is -2.34. The lowest BCUT2D eigenvalue weighted by Crippen LogP contribution is -2.40. The Balaban J connectivity index is 1.32. The van der Waals surface area contributed by atoms with Crippen molar-refractivity contribution in [2.45, 2.75) is 69.7 Å². The number of hydrogen-bond donors (Lipinski definition) is 1. The second-order valence-corrected chi connectivity index (χ2v) is 7.88. The second-order valence-electron chi connectivity index (χ2n) is 7.88. The largest absolute Gasteiger partial charge is 0.353 e. The highest BCUT2D eigenvalue weighted by Crippen LogP contribution is 2.39. The van der Waals surface area contributed by atoms with Gasteiger partial charge in [0.25, 0.3) is 0 Å². The van der Waals surface area contributed by atoms with Crippen LogP contribution in [0.5, 0.6) is 0 Å². The van der Waals surface area contributed by atoms with E-state index in [1.807, 2.05) is 6.07 Å². The molecule has 136 valence electrons. The number of hydrogen-bond acceptors (Lipinski definition) is 4. The van der Waals surface area contributed by atoms with E-state index in [0.717, 1.165) is 56.6 Å². The zero-order valence-corrected chi connectivity index (χ0v) is 15.0. The molecule has 1 saturated heterocycles.